The molecule has 2 aromatic carbocycles. The summed E-state index contributed by atoms with van der Waals surface area (Å²) in [5.74, 6) is 0.616. The Labute approximate surface area is 226 Å². The summed E-state index contributed by atoms with van der Waals surface area (Å²) in [5.41, 5.74) is 1.44. The lowest BCUT2D eigenvalue weighted by Crippen LogP contribution is -2.45. The number of ether oxygens (including phenoxy) is 1. The van der Waals surface area contributed by atoms with Gasteiger partial charge >= 0.3 is 0 Å². The van der Waals surface area contributed by atoms with Crippen molar-refractivity contribution < 1.29 is 19.1 Å². The van der Waals surface area contributed by atoms with Gasteiger partial charge in [-0.05, 0) is 55.6 Å². The normalized spacial score (nSPS) is 18.1. The van der Waals surface area contributed by atoms with Crippen molar-refractivity contribution in [3.63, 3.8) is 0 Å². The number of halogens is 1. The van der Waals surface area contributed by atoms with E-state index in [4.69, 9.17) is 4.74 Å². The third-order valence-corrected chi connectivity index (χ3v) is 7.58. The Kier molecular flexibility index (Phi) is 9.74. The lowest BCUT2D eigenvalue weighted by Gasteiger charge is -2.38. The standard InChI is InChI=1S/C29H37N3O4.ClH/c1-21(2)27(34)30-25(23-7-5-4-6-8-23)13-16-31-17-14-29(15-18-31)19-26(33)32(28(29)35)20-22-9-11-24(36-3)12-10-22;/h4-12,21,25H,13-20H2,1-3H3,(H,30,34);1H/t25-;/m0./s1. The first-order valence-electron chi connectivity index (χ1n) is 12.9. The van der Waals surface area contributed by atoms with E-state index in [1.165, 1.54) is 4.90 Å². The second kappa shape index (κ2) is 12.6. The van der Waals surface area contributed by atoms with Crippen LogP contribution in [-0.4, -0.2) is 54.3 Å². The fourth-order valence-corrected chi connectivity index (χ4v) is 5.19. The summed E-state index contributed by atoms with van der Waals surface area (Å²) >= 11 is 0. The van der Waals surface area contributed by atoms with Crippen LogP contribution in [0.4, 0.5) is 0 Å². The van der Waals surface area contributed by atoms with Crippen LogP contribution in [0.3, 0.4) is 0 Å². The zero-order valence-corrected chi connectivity index (χ0v) is 22.8. The molecule has 200 valence electrons. The molecule has 0 bridgehead atoms. The Hall–Kier alpha value is -2.90. The molecule has 8 heteroatoms. The zero-order chi connectivity index (χ0) is 25.7. The number of methoxy groups -OCH3 is 1. The van der Waals surface area contributed by atoms with Crippen molar-refractivity contribution in [2.45, 2.75) is 52.1 Å². The van der Waals surface area contributed by atoms with E-state index in [1.807, 2.05) is 56.3 Å². The van der Waals surface area contributed by atoms with Crippen molar-refractivity contribution in [2.24, 2.45) is 11.3 Å². The van der Waals surface area contributed by atoms with Crippen molar-refractivity contribution in [3.05, 3.63) is 65.7 Å². The monoisotopic (exact) mass is 527 g/mol. The number of hydrogen-bond donors (Lipinski definition) is 1. The van der Waals surface area contributed by atoms with Crippen molar-refractivity contribution in [1.82, 2.24) is 15.1 Å². The van der Waals surface area contributed by atoms with Crippen LogP contribution in [0.5, 0.6) is 5.75 Å². The summed E-state index contributed by atoms with van der Waals surface area (Å²) in [7, 11) is 1.61. The first-order chi connectivity index (χ1) is 17.3. The smallest absolute Gasteiger partial charge is 0.236 e. The van der Waals surface area contributed by atoms with Gasteiger partial charge in [0.15, 0.2) is 0 Å². The Morgan fingerprint density at radius 3 is 2.27 bits per heavy atom. The molecule has 2 aliphatic rings. The quantitative estimate of drug-likeness (QED) is 0.490. The van der Waals surface area contributed by atoms with E-state index in [9.17, 15) is 14.4 Å². The average Bonchev–Trinajstić information content (AvgIpc) is 3.12. The van der Waals surface area contributed by atoms with Crippen molar-refractivity contribution in [2.75, 3.05) is 26.7 Å². The fraction of sp³-hybridized carbons (Fsp3) is 0.483. The number of carbonyl (C=O) groups excluding carboxylic acids is 3. The molecule has 0 aliphatic carbocycles. The van der Waals surface area contributed by atoms with Crippen molar-refractivity contribution in [3.8, 4) is 5.75 Å². The third kappa shape index (κ3) is 6.70. The minimum atomic E-state index is -0.579. The molecule has 3 amide bonds. The molecule has 1 N–H and O–H groups in total. The lowest BCUT2D eigenvalue weighted by atomic mass is 9.77. The molecule has 2 fully saturated rings. The number of rotatable bonds is 9. The van der Waals surface area contributed by atoms with E-state index < -0.39 is 5.41 Å². The minimum absolute atomic E-state index is 0. The SMILES string of the molecule is COc1ccc(CN2C(=O)CC3(CCN(CC[C@H](NC(=O)C(C)C)c4ccccc4)CC3)C2=O)cc1.Cl. The number of likely N-dealkylation sites (tertiary alicyclic amines) is 2. The van der Waals surface area contributed by atoms with Gasteiger partial charge in [0.25, 0.3) is 0 Å². The van der Waals surface area contributed by atoms with Gasteiger partial charge in [-0.1, -0.05) is 56.3 Å². The summed E-state index contributed by atoms with van der Waals surface area (Å²) in [6, 6.07) is 17.5. The molecule has 0 radical (unpaired) electrons. The fourth-order valence-electron chi connectivity index (χ4n) is 5.19. The molecule has 0 saturated carbocycles. The summed E-state index contributed by atoms with van der Waals surface area (Å²) in [6.07, 6.45) is 2.47. The first-order valence-corrected chi connectivity index (χ1v) is 12.9. The van der Waals surface area contributed by atoms with E-state index in [0.717, 1.165) is 42.9 Å². The number of amides is 3. The number of nitrogens with one attached hydrogen (secondary N) is 1. The molecule has 4 rings (SSSR count). The van der Waals surface area contributed by atoms with Crippen LogP contribution in [0.2, 0.25) is 0 Å². The number of imide groups is 1. The number of piperidine rings is 1. The predicted molar refractivity (Wildman–Crippen MR) is 145 cm³/mol. The highest BCUT2D eigenvalue weighted by molar-refractivity contribution is 6.05. The van der Waals surface area contributed by atoms with E-state index in [-0.39, 0.29) is 42.1 Å². The van der Waals surface area contributed by atoms with Crippen LogP contribution in [0.25, 0.3) is 0 Å². The average molecular weight is 528 g/mol. The maximum absolute atomic E-state index is 13.4. The molecule has 1 atom stereocenters. The molecular weight excluding hydrogens is 490 g/mol. The number of nitrogens with zero attached hydrogens (tertiary/aromatic N) is 2. The Bertz CT molecular complexity index is 1070. The van der Waals surface area contributed by atoms with Crippen molar-refractivity contribution >= 4 is 30.1 Å². The summed E-state index contributed by atoms with van der Waals surface area (Å²) in [4.78, 5) is 42.4. The van der Waals surface area contributed by atoms with Crippen LogP contribution in [0, 0.1) is 11.3 Å². The molecule has 0 unspecified atom stereocenters. The van der Waals surface area contributed by atoms with Crippen LogP contribution in [0.1, 0.15) is 56.7 Å². The van der Waals surface area contributed by atoms with Gasteiger partial charge in [0.05, 0.1) is 25.1 Å². The molecule has 37 heavy (non-hydrogen) atoms. The molecule has 0 aromatic heterocycles. The number of carbonyl (C=O) groups is 3. The second-order valence-electron chi connectivity index (χ2n) is 10.3. The molecule has 2 aliphatic heterocycles. The molecule has 7 nitrogen and oxygen atoms in total. The zero-order valence-electron chi connectivity index (χ0n) is 21.9. The van der Waals surface area contributed by atoms with Gasteiger partial charge in [0, 0.05) is 18.9 Å². The highest BCUT2D eigenvalue weighted by Crippen LogP contribution is 2.43. The Morgan fingerprint density at radius 1 is 1.03 bits per heavy atom. The number of benzene rings is 2. The topological polar surface area (TPSA) is 79.0 Å². The Morgan fingerprint density at radius 2 is 1.68 bits per heavy atom. The van der Waals surface area contributed by atoms with E-state index in [1.54, 1.807) is 7.11 Å². The van der Waals surface area contributed by atoms with Gasteiger partial charge in [-0.15, -0.1) is 12.4 Å². The largest absolute Gasteiger partial charge is 0.497 e. The van der Waals surface area contributed by atoms with Gasteiger partial charge in [0.1, 0.15) is 5.75 Å². The van der Waals surface area contributed by atoms with Crippen LogP contribution in [0.15, 0.2) is 54.6 Å². The summed E-state index contributed by atoms with van der Waals surface area (Å²) in [5, 5.41) is 3.19. The number of hydrogen-bond acceptors (Lipinski definition) is 5. The predicted octanol–water partition coefficient (Wildman–Crippen LogP) is 4.36. The van der Waals surface area contributed by atoms with Crippen molar-refractivity contribution in [1.29, 1.82) is 0 Å². The van der Waals surface area contributed by atoms with Crippen LogP contribution >= 0.6 is 12.4 Å². The van der Waals surface area contributed by atoms with Gasteiger partial charge in [-0.2, -0.15) is 0 Å². The first kappa shape index (κ1) is 28.7. The molecule has 1 spiro atoms. The van der Waals surface area contributed by atoms with E-state index in [0.29, 0.717) is 25.8 Å². The summed E-state index contributed by atoms with van der Waals surface area (Å²) < 4.78 is 5.20. The van der Waals surface area contributed by atoms with Gasteiger partial charge in [-0.3, -0.25) is 19.3 Å². The molecular formula is C29H38ClN3O4. The van der Waals surface area contributed by atoms with E-state index in [2.05, 4.69) is 22.3 Å². The molecule has 2 saturated heterocycles. The van der Waals surface area contributed by atoms with Gasteiger partial charge in [0.2, 0.25) is 17.7 Å². The second-order valence-corrected chi connectivity index (χ2v) is 10.3. The Balaban J connectivity index is 0.00000380. The van der Waals surface area contributed by atoms with E-state index >= 15 is 0 Å². The highest BCUT2D eigenvalue weighted by Gasteiger charge is 2.52. The van der Waals surface area contributed by atoms with Crippen LogP contribution in [-0.2, 0) is 20.9 Å². The molecule has 2 heterocycles. The maximum Gasteiger partial charge on any atom is 0.236 e. The van der Waals surface area contributed by atoms with Gasteiger partial charge < -0.3 is 15.0 Å². The third-order valence-electron chi connectivity index (χ3n) is 7.58. The van der Waals surface area contributed by atoms with Gasteiger partial charge in [-0.25, -0.2) is 0 Å². The minimum Gasteiger partial charge on any atom is -0.497 e. The lowest BCUT2D eigenvalue weighted by molar-refractivity contribution is -0.143. The highest BCUT2D eigenvalue weighted by atomic mass is 35.5. The van der Waals surface area contributed by atoms with Crippen LogP contribution < -0.4 is 10.1 Å². The maximum atomic E-state index is 13.4. The summed E-state index contributed by atoms with van der Waals surface area (Å²) in [6.45, 7) is 6.48. The molecule has 2 aromatic rings.